The number of aryl methyl sites for hydroxylation is 1. The van der Waals surface area contributed by atoms with Crippen molar-refractivity contribution in [3.63, 3.8) is 0 Å². The maximum atomic E-state index is 13.3. The van der Waals surface area contributed by atoms with Gasteiger partial charge in [0.05, 0.1) is 0 Å². The van der Waals surface area contributed by atoms with Crippen LogP contribution in [-0.2, 0) is 9.59 Å². The van der Waals surface area contributed by atoms with Crippen LogP contribution in [0.5, 0.6) is 0 Å². The highest BCUT2D eigenvalue weighted by Gasteiger charge is 2.24. The number of likely N-dealkylation sites (tertiary alicyclic amines) is 1. The number of benzene rings is 1. The summed E-state index contributed by atoms with van der Waals surface area (Å²) in [7, 11) is 0. The second-order valence-corrected chi connectivity index (χ2v) is 7.51. The molecule has 0 aromatic heterocycles. The zero-order valence-corrected chi connectivity index (χ0v) is 16.1. The van der Waals surface area contributed by atoms with Gasteiger partial charge in [0, 0.05) is 18.2 Å². The van der Waals surface area contributed by atoms with Gasteiger partial charge in [-0.15, -0.1) is 0 Å². The van der Waals surface area contributed by atoms with E-state index in [-0.39, 0.29) is 11.8 Å². The summed E-state index contributed by atoms with van der Waals surface area (Å²) < 4.78 is 13.3. The lowest BCUT2D eigenvalue weighted by atomic mass is 9.92. The van der Waals surface area contributed by atoms with Gasteiger partial charge in [-0.1, -0.05) is 6.07 Å². The summed E-state index contributed by atoms with van der Waals surface area (Å²) in [4.78, 5) is 26.9. The summed E-state index contributed by atoms with van der Waals surface area (Å²) in [6.07, 6.45) is 2.46. The van der Waals surface area contributed by atoms with Crippen molar-refractivity contribution in [3.8, 4) is 0 Å². The van der Waals surface area contributed by atoms with Crippen molar-refractivity contribution >= 4 is 17.5 Å². The standard InChI is InChI=1S/C20H30FN3O2/c1-13(2)24-9-7-16(8-10-24)11-19(25)22-15(4)20(26)23-18-12-17(21)6-5-14(18)3/h5-6,12-13,15-16H,7-11H2,1-4H3,(H,22,25)(H,23,26)/t15-/m1/s1. The average Bonchev–Trinajstić information content (AvgIpc) is 2.58. The molecular formula is C20H30FN3O2. The van der Waals surface area contributed by atoms with E-state index >= 15 is 0 Å². The van der Waals surface area contributed by atoms with Crippen molar-refractivity contribution in [2.24, 2.45) is 5.92 Å². The SMILES string of the molecule is Cc1ccc(F)cc1NC(=O)[C@@H](C)NC(=O)CC1CCN(C(C)C)CC1. The van der Waals surface area contributed by atoms with Crippen LogP contribution in [0.4, 0.5) is 10.1 Å². The molecule has 0 unspecified atom stereocenters. The normalized spacial score (nSPS) is 17.2. The van der Waals surface area contributed by atoms with Crippen LogP contribution in [0, 0.1) is 18.7 Å². The molecule has 1 aromatic carbocycles. The van der Waals surface area contributed by atoms with E-state index < -0.39 is 11.9 Å². The second kappa shape index (κ2) is 9.12. The highest BCUT2D eigenvalue weighted by molar-refractivity contribution is 5.97. The van der Waals surface area contributed by atoms with Gasteiger partial charge in [0.1, 0.15) is 11.9 Å². The Bertz CT molecular complexity index is 640. The zero-order chi connectivity index (χ0) is 19.3. The van der Waals surface area contributed by atoms with Gasteiger partial charge in [-0.25, -0.2) is 4.39 Å². The third-order valence-corrected chi connectivity index (χ3v) is 5.08. The second-order valence-electron chi connectivity index (χ2n) is 7.51. The highest BCUT2D eigenvalue weighted by atomic mass is 19.1. The number of anilines is 1. The number of hydrogen-bond donors (Lipinski definition) is 2. The van der Waals surface area contributed by atoms with E-state index in [2.05, 4.69) is 29.4 Å². The fraction of sp³-hybridized carbons (Fsp3) is 0.600. The van der Waals surface area contributed by atoms with Crippen molar-refractivity contribution < 1.29 is 14.0 Å². The molecule has 5 nitrogen and oxygen atoms in total. The van der Waals surface area contributed by atoms with E-state index in [9.17, 15) is 14.0 Å². The molecule has 1 aliphatic rings. The molecule has 6 heteroatoms. The topological polar surface area (TPSA) is 61.4 Å². The molecule has 1 atom stereocenters. The Hall–Kier alpha value is -1.95. The molecule has 144 valence electrons. The van der Waals surface area contributed by atoms with Gasteiger partial charge < -0.3 is 15.5 Å². The monoisotopic (exact) mass is 363 g/mol. The quantitative estimate of drug-likeness (QED) is 0.816. The van der Waals surface area contributed by atoms with Crippen molar-refractivity contribution in [1.82, 2.24) is 10.2 Å². The Labute approximate surface area is 155 Å². The van der Waals surface area contributed by atoms with Gasteiger partial charge in [0.2, 0.25) is 11.8 Å². The number of carbonyl (C=O) groups is 2. The lowest BCUT2D eigenvalue weighted by molar-refractivity contribution is -0.127. The van der Waals surface area contributed by atoms with Crippen LogP contribution >= 0.6 is 0 Å². The van der Waals surface area contributed by atoms with E-state index in [1.807, 2.05) is 0 Å². The molecule has 0 spiro atoms. The van der Waals surface area contributed by atoms with Crippen LogP contribution in [0.1, 0.15) is 45.6 Å². The third kappa shape index (κ3) is 5.80. The lowest BCUT2D eigenvalue weighted by Crippen LogP contribution is -2.43. The Balaban J connectivity index is 1.79. The van der Waals surface area contributed by atoms with Crippen molar-refractivity contribution in [3.05, 3.63) is 29.6 Å². The molecule has 0 bridgehead atoms. The number of rotatable bonds is 6. The number of halogens is 1. The van der Waals surface area contributed by atoms with Gasteiger partial charge in [0.25, 0.3) is 0 Å². The summed E-state index contributed by atoms with van der Waals surface area (Å²) in [5, 5.41) is 5.43. The first-order chi connectivity index (χ1) is 12.3. The minimum atomic E-state index is -0.666. The Morgan fingerprint density at radius 1 is 1.23 bits per heavy atom. The number of carbonyl (C=O) groups excluding carboxylic acids is 2. The molecule has 1 saturated heterocycles. The van der Waals surface area contributed by atoms with Crippen LogP contribution in [-0.4, -0.2) is 41.9 Å². The first-order valence-corrected chi connectivity index (χ1v) is 9.36. The molecule has 0 saturated carbocycles. The van der Waals surface area contributed by atoms with Gasteiger partial charge >= 0.3 is 0 Å². The maximum Gasteiger partial charge on any atom is 0.246 e. The molecule has 1 heterocycles. The van der Waals surface area contributed by atoms with E-state index in [0.717, 1.165) is 31.5 Å². The zero-order valence-electron chi connectivity index (χ0n) is 16.1. The molecule has 2 amide bonds. The number of amides is 2. The van der Waals surface area contributed by atoms with Gasteiger partial charge in [-0.05, 0) is 77.2 Å². The predicted octanol–water partition coefficient (Wildman–Crippen LogP) is 3.09. The molecule has 1 aliphatic heterocycles. The number of nitrogens with one attached hydrogen (secondary N) is 2. The van der Waals surface area contributed by atoms with Crippen LogP contribution < -0.4 is 10.6 Å². The van der Waals surface area contributed by atoms with Gasteiger partial charge in [-0.2, -0.15) is 0 Å². The lowest BCUT2D eigenvalue weighted by Gasteiger charge is -2.34. The minimum Gasteiger partial charge on any atom is -0.345 e. The van der Waals surface area contributed by atoms with E-state index in [4.69, 9.17) is 0 Å². The average molecular weight is 363 g/mol. The van der Waals surface area contributed by atoms with Crippen LogP contribution in [0.2, 0.25) is 0 Å². The van der Waals surface area contributed by atoms with E-state index in [1.165, 1.54) is 12.1 Å². The predicted molar refractivity (Wildman–Crippen MR) is 101 cm³/mol. The fourth-order valence-electron chi connectivity index (χ4n) is 3.27. The largest absolute Gasteiger partial charge is 0.345 e. The molecule has 2 rings (SSSR count). The van der Waals surface area contributed by atoms with Gasteiger partial charge in [-0.3, -0.25) is 9.59 Å². The van der Waals surface area contributed by atoms with Crippen molar-refractivity contribution in [2.45, 2.75) is 59.0 Å². The number of hydrogen-bond acceptors (Lipinski definition) is 3. The smallest absolute Gasteiger partial charge is 0.246 e. The number of piperidine rings is 1. The van der Waals surface area contributed by atoms with Crippen molar-refractivity contribution in [2.75, 3.05) is 18.4 Å². The molecule has 0 radical (unpaired) electrons. The van der Waals surface area contributed by atoms with E-state index in [1.54, 1.807) is 19.9 Å². The molecule has 2 N–H and O–H groups in total. The first kappa shape index (κ1) is 20.4. The minimum absolute atomic E-state index is 0.105. The third-order valence-electron chi connectivity index (χ3n) is 5.08. The summed E-state index contributed by atoms with van der Waals surface area (Å²) in [6.45, 7) is 9.85. The van der Waals surface area contributed by atoms with Crippen LogP contribution in [0.3, 0.4) is 0 Å². The molecular weight excluding hydrogens is 333 g/mol. The molecule has 26 heavy (non-hydrogen) atoms. The number of nitrogens with zero attached hydrogens (tertiary/aromatic N) is 1. The van der Waals surface area contributed by atoms with E-state index in [0.29, 0.717) is 24.1 Å². The molecule has 1 fully saturated rings. The van der Waals surface area contributed by atoms with Gasteiger partial charge in [0.15, 0.2) is 0 Å². The highest BCUT2D eigenvalue weighted by Crippen LogP contribution is 2.22. The van der Waals surface area contributed by atoms with Crippen LogP contribution in [0.15, 0.2) is 18.2 Å². The first-order valence-electron chi connectivity index (χ1n) is 9.36. The Kier molecular flexibility index (Phi) is 7.14. The summed E-state index contributed by atoms with van der Waals surface area (Å²) in [6, 6.07) is 4.11. The fourth-order valence-corrected chi connectivity index (χ4v) is 3.27. The van der Waals surface area contributed by atoms with Crippen LogP contribution in [0.25, 0.3) is 0 Å². The Morgan fingerprint density at radius 2 is 1.88 bits per heavy atom. The molecule has 0 aliphatic carbocycles. The summed E-state index contributed by atoms with van der Waals surface area (Å²) in [5.74, 6) is -0.491. The Morgan fingerprint density at radius 3 is 2.50 bits per heavy atom. The maximum absolute atomic E-state index is 13.3. The van der Waals surface area contributed by atoms with Crippen molar-refractivity contribution in [1.29, 1.82) is 0 Å². The summed E-state index contributed by atoms with van der Waals surface area (Å²) >= 11 is 0. The summed E-state index contributed by atoms with van der Waals surface area (Å²) in [5.41, 5.74) is 1.20. The molecule has 1 aromatic rings.